The van der Waals surface area contributed by atoms with Crippen LogP contribution in [0.4, 0.5) is 0 Å². The van der Waals surface area contributed by atoms with Crippen LogP contribution in [0.1, 0.15) is 25.8 Å². The molecule has 2 aromatic rings. The summed E-state index contributed by atoms with van der Waals surface area (Å²) in [6.45, 7) is 5.34. The van der Waals surface area contributed by atoms with Gasteiger partial charge in [0.25, 0.3) is 0 Å². The molecule has 2 aromatic carbocycles. The summed E-state index contributed by atoms with van der Waals surface area (Å²) in [5.74, 6) is 0.290. The number of nitrogens with zero attached hydrogens (tertiary/aromatic N) is 1. The average molecular weight is 283 g/mol. The van der Waals surface area contributed by atoms with Gasteiger partial charge in [-0.2, -0.15) is 0 Å². The fourth-order valence-corrected chi connectivity index (χ4v) is 3.67. The number of hydrogen-bond donors (Lipinski definition) is 1. The van der Waals surface area contributed by atoms with Crippen molar-refractivity contribution in [2.24, 2.45) is 5.92 Å². The fourth-order valence-electron chi connectivity index (χ4n) is 3.67. The van der Waals surface area contributed by atoms with Crippen molar-refractivity contribution in [3.8, 4) is 0 Å². The zero-order valence-corrected chi connectivity index (χ0v) is 13.2. The Bertz CT molecular complexity index is 633. The van der Waals surface area contributed by atoms with Crippen LogP contribution in [0.25, 0.3) is 10.8 Å². The summed E-state index contributed by atoms with van der Waals surface area (Å²) in [5.41, 5.74) is 0.662. The summed E-state index contributed by atoms with van der Waals surface area (Å²) in [5, 5.41) is 13.7. The van der Waals surface area contributed by atoms with Crippen LogP contribution in [-0.4, -0.2) is 35.2 Å². The van der Waals surface area contributed by atoms with E-state index in [1.165, 1.54) is 16.3 Å². The first-order valence-electron chi connectivity index (χ1n) is 7.89. The molecule has 1 heterocycles. The van der Waals surface area contributed by atoms with Crippen molar-refractivity contribution in [3.05, 3.63) is 48.0 Å². The number of hydrogen-bond acceptors (Lipinski definition) is 2. The van der Waals surface area contributed by atoms with Crippen LogP contribution >= 0.6 is 0 Å². The van der Waals surface area contributed by atoms with Crippen molar-refractivity contribution < 1.29 is 5.11 Å². The maximum Gasteiger partial charge on any atom is 0.0740 e. The van der Waals surface area contributed by atoms with E-state index in [0.717, 1.165) is 19.4 Å². The predicted octanol–water partition coefficient (Wildman–Crippen LogP) is 3.47. The first kappa shape index (κ1) is 14.6. The van der Waals surface area contributed by atoms with Gasteiger partial charge in [-0.3, -0.25) is 0 Å². The summed E-state index contributed by atoms with van der Waals surface area (Å²) in [6, 6.07) is 15.3. The average Bonchev–Trinajstić information content (AvgIpc) is 2.46. The van der Waals surface area contributed by atoms with E-state index in [2.05, 4.69) is 68.3 Å². The first-order chi connectivity index (χ1) is 9.99. The van der Waals surface area contributed by atoms with Crippen molar-refractivity contribution >= 4 is 10.8 Å². The Morgan fingerprint density at radius 2 is 1.86 bits per heavy atom. The Labute approximate surface area is 127 Å². The molecule has 1 aliphatic rings. The fraction of sp³-hybridized carbons (Fsp3) is 0.474. The van der Waals surface area contributed by atoms with Crippen molar-refractivity contribution in [1.29, 1.82) is 0 Å². The zero-order chi connectivity index (χ0) is 15.0. The Morgan fingerprint density at radius 3 is 2.67 bits per heavy atom. The van der Waals surface area contributed by atoms with E-state index < -0.39 is 5.60 Å². The molecule has 2 nitrogen and oxygen atoms in total. The lowest BCUT2D eigenvalue weighted by atomic mass is 9.75. The lowest BCUT2D eigenvalue weighted by molar-refractivity contribution is -0.0776. The third kappa shape index (κ3) is 2.70. The maximum absolute atomic E-state index is 11.2. The summed E-state index contributed by atoms with van der Waals surface area (Å²) in [7, 11) is 2.15. The van der Waals surface area contributed by atoms with E-state index in [0.29, 0.717) is 6.04 Å². The van der Waals surface area contributed by atoms with Gasteiger partial charge in [0.1, 0.15) is 0 Å². The van der Waals surface area contributed by atoms with E-state index in [1.54, 1.807) is 0 Å². The highest BCUT2D eigenvalue weighted by atomic mass is 16.3. The highest BCUT2D eigenvalue weighted by molar-refractivity contribution is 5.85. The Kier molecular flexibility index (Phi) is 3.76. The van der Waals surface area contributed by atoms with Gasteiger partial charge in [-0.05, 0) is 42.6 Å². The molecule has 0 bridgehead atoms. The molecule has 0 radical (unpaired) electrons. The first-order valence-corrected chi connectivity index (χ1v) is 7.89. The molecule has 3 atom stereocenters. The highest BCUT2D eigenvalue weighted by Crippen LogP contribution is 2.35. The molecule has 0 spiro atoms. The van der Waals surface area contributed by atoms with Gasteiger partial charge >= 0.3 is 0 Å². The van der Waals surface area contributed by atoms with Crippen LogP contribution in [0, 0.1) is 5.92 Å². The van der Waals surface area contributed by atoms with Crippen molar-refractivity contribution in [1.82, 2.24) is 4.90 Å². The normalized spacial score (nSPS) is 30.7. The number of piperidine rings is 1. The van der Waals surface area contributed by atoms with Crippen molar-refractivity contribution in [2.45, 2.75) is 38.3 Å². The minimum absolute atomic E-state index is 0.290. The van der Waals surface area contributed by atoms with Gasteiger partial charge < -0.3 is 10.0 Å². The SMILES string of the molecule is C[C@@H]1C[C@@](O)(Cc2cccc3ccccc23)[C@H](C)CN1C. The second-order valence-corrected chi connectivity index (χ2v) is 6.81. The van der Waals surface area contributed by atoms with Crippen LogP contribution in [0.2, 0.25) is 0 Å². The summed E-state index contributed by atoms with van der Waals surface area (Å²) < 4.78 is 0. The van der Waals surface area contributed by atoms with Crippen molar-refractivity contribution in [2.75, 3.05) is 13.6 Å². The molecule has 1 fully saturated rings. The highest BCUT2D eigenvalue weighted by Gasteiger charge is 2.41. The molecular formula is C19H25NO. The molecule has 1 saturated heterocycles. The van der Waals surface area contributed by atoms with Gasteiger partial charge in [0.05, 0.1) is 5.60 Å². The molecular weight excluding hydrogens is 258 g/mol. The van der Waals surface area contributed by atoms with E-state index in [9.17, 15) is 5.11 Å². The number of likely N-dealkylation sites (tertiary alicyclic amines) is 1. The van der Waals surface area contributed by atoms with Crippen LogP contribution in [0.5, 0.6) is 0 Å². The third-order valence-electron chi connectivity index (χ3n) is 5.26. The van der Waals surface area contributed by atoms with Gasteiger partial charge in [-0.1, -0.05) is 49.4 Å². The molecule has 1 N–H and O–H groups in total. The number of benzene rings is 2. The summed E-state index contributed by atoms with van der Waals surface area (Å²) in [6.07, 6.45) is 1.58. The van der Waals surface area contributed by atoms with Gasteiger partial charge in [-0.25, -0.2) is 0 Å². The van der Waals surface area contributed by atoms with E-state index in [1.807, 2.05) is 0 Å². The molecule has 3 rings (SSSR count). The molecule has 1 aliphatic heterocycles. The Morgan fingerprint density at radius 1 is 1.14 bits per heavy atom. The second kappa shape index (κ2) is 5.43. The van der Waals surface area contributed by atoms with Crippen LogP contribution in [-0.2, 0) is 6.42 Å². The molecule has 112 valence electrons. The molecule has 0 amide bonds. The minimum atomic E-state index is -0.601. The molecule has 21 heavy (non-hydrogen) atoms. The molecule has 0 aromatic heterocycles. The van der Waals surface area contributed by atoms with Gasteiger partial charge in [-0.15, -0.1) is 0 Å². The third-order valence-corrected chi connectivity index (χ3v) is 5.26. The standard InChI is InChI=1S/C19H25NO/c1-14-13-20(3)15(2)11-19(14,21)12-17-9-6-8-16-7-4-5-10-18(16)17/h4-10,14-15,21H,11-13H2,1-3H3/t14-,15-,19-/m1/s1. The molecule has 0 aliphatic carbocycles. The largest absolute Gasteiger partial charge is 0.389 e. The van der Waals surface area contributed by atoms with E-state index >= 15 is 0 Å². The molecule has 0 unspecified atom stereocenters. The molecule has 2 heteroatoms. The minimum Gasteiger partial charge on any atom is -0.389 e. The second-order valence-electron chi connectivity index (χ2n) is 6.81. The topological polar surface area (TPSA) is 23.5 Å². The Balaban J connectivity index is 1.94. The lowest BCUT2D eigenvalue weighted by Crippen LogP contribution is -2.54. The Hall–Kier alpha value is -1.38. The maximum atomic E-state index is 11.2. The zero-order valence-electron chi connectivity index (χ0n) is 13.2. The van der Waals surface area contributed by atoms with Crippen molar-refractivity contribution in [3.63, 3.8) is 0 Å². The van der Waals surface area contributed by atoms with E-state index in [4.69, 9.17) is 0 Å². The smallest absolute Gasteiger partial charge is 0.0740 e. The quantitative estimate of drug-likeness (QED) is 0.912. The van der Waals surface area contributed by atoms with Crippen LogP contribution in [0.15, 0.2) is 42.5 Å². The van der Waals surface area contributed by atoms with Crippen LogP contribution in [0.3, 0.4) is 0 Å². The molecule has 0 saturated carbocycles. The van der Waals surface area contributed by atoms with Gasteiger partial charge in [0, 0.05) is 19.0 Å². The van der Waals surface area contributed by atoms with Gasteiger partial charge in [0.2, 0.25) is 0 Å². The predicted molar refractivity (Wildman–Crippen MR) is 88.5 cm³/mol. The summed E-state index contributed by atoms with van der Waals surface area (Å²) >= 11 is 0. The number of rotatable bonds is 2. The lowest BCUT2D eigenvalue weighted by Gasteiger charge is -2.46. The monoisotopic (exact) mass is 283 g/mol. The van der Waals surface area contributed by atoms with E-state index in [-0.39, 0.29) is 5.92 Å². The number of aliphatic hydroxyl groups is 1. The summed E-state index contributed by atoms with van der Waals surface area (Å²) in [4.78, 5) is 2.35. The van der Waals surface area contributed by atoms with Crippen LogP contribution < -0.4 is 0 Å². The van der Waals surface area contributed by atoms with Gasteiger partial charge in [0.15, 0.2) is 0 Å². The number of fused-ring (bicyclic) bond motifs is 1.